The van der Waals surface area contributed by atoms with Gasteiger partial charge in [0, 0.05) is 12.8 Å². The lowest BCUT2D eigenvalue weighted by molar-refractivity contribution is 0.0319. The Morgan fingerprint density at radius 3 is 2.15 bits per heavy atom. The summed E-state index contributed by atoms with van der Waals surface area (Å²) < 4.78 is 11.7. The Morgan fingerprint density at radius 1 is 0.853 bits per heavy atom. The van der Waals surface area contributed by atoms with Crippen LogP contribution in [0.1, 0.15) is 121 Å². The molecule has 0 spiro atoms. The van der Waals surface area contributed by atoms with Gasteiger partial charge in [-0.15, -0.1) is 0 Å². The van der Waals surface area contributed by atoms with Crippen molar-refractivity contribution in [1.29, 1.82) is 0 Å². The van der Waals surface area contributed by atoms with E-state index in [9.17, 15) is 0 Å². The van der Waals surface area contributed by atoms with Crippen molar-refractivity contribution in [3.63, 3.8) is 0 Å². The molecule has 0 saturated carbocycles. The van der Waals surface area contributed by atoms with E-state index in [1.165, 1.54) is 101 Å². The van der Waals surface area contributed by atoms with Crippen LogP contribution in [0.2, 0.25) is 0 Å². The molecule has 3 atom stereocenters. The summed E-state index contributed by atoms with van der Waals surface area (Å²) in [6.07, 6.45) is 22.9. The molecule has 1 aromatic rings. The van der Waals surface area contributed by atoms with E-state index in [2.05, 4.69) is 51.0 Å². The Hall–Kier alpha value is -0.840. The molecule has 4 heteroatoms. The number of rotatable bonds is 21. The smallest absolute Gasteiger partial charge is 0.0972 e. The molecule has 0 fully saturated rings. The van der Waals surface area contributed by atoms with E-state index >= 15 is 0 Å². The Morgan fingerprint density at radius 2 is 1.47 bits per heavy atom. The van der Waals surface area contributed by atoms with Crippen molar-refractivity contribution in [2.45, 2.75) is 129 Å². The van der Waals surface area contributed by atoms with Crippen molar-refractivity contribution in [2.24, 2.45) is 10.9 Å². The average Bonchev–Trinajstić information content (AvgIpc) is 2.87. The number of thiol groups is 1. The molecule has 2 rings (SSSR count). The van der Waals surface area contributed by atoms with Gasteiger partial charge in [-0.3, -0.25) is 4.99 Å². The van der Waals surface area contributed by atoms with Crippen LogP contribution in [0, 0.1) is 5.92 Å². The first-order chi connectivity index (χ1) is 16.8. The standard InChI is InChI=1S/C30H51NO2S/c1-3-5-7-9-10-11-12-14-18-26(17-13-8-6-4-2)24-32-25-30(33-34)22-29-21-27-19-15-16-20-28(27)23-31-29/h15-16,19-20,23,26,29-30,34H,3-14,17-18,21-22,24-25H2,1-2H3. The average molecular weight is 490 g/mol. The zero-order valence-electron chi connectivity index (χ0n) is 22.1. The number of ether oxygens (including phenoxy) is 1. The van der Waals surface area contributed by atoms with Crippen molar-refractivity contribution in [3.8, 4) is 0 Å². The van der Waals surface area contributed by atoms with E-state index in [1.54, 1.807) is 0 Å². The molecule has 3 unspecified atom stereocenters. The highest BCUT2D eigenvalue weighted by atomic mass is 32.1. The minimum atomic E-state index is -0.0143. The van der Waals surface area contributed by atoms with E-state index in [0.717, 1.165) is 19.4 Å². The summed E-state index contributed by atoms with van der Waals surface area (Å²) in [6.45, 7) is 6.04. The number of hydrogen-bond donors (Lipinski definition) is 1. The van der Waals surface area contributed by atoms with Gasteiger partial charge in [-0.2, -0.15) is 0 Å². The fourth-order valence-corrected chi connectivity index (χ4v) is 5.18. The molecule has 1 aromatic carbocycles. The van der Waals surface area contributed by atoms with Gasteiger partial charge in [-0.1, -0.05) is 115 Å². The van der Waals surface area contributed by atoms with Gasteiger partial charge in [0.05, 0.1) is 18.8 Å². The second kappa shape index (κ2) is 19.4. The fourth-order valence-electron chi connectivity index (χ4n) is 5.03. The molecule has 1 aliphatic heterocycles. The lowest BCUT2D eigenvalue weighted by atomic mass is 9.94. The SMILES string of the molecule is CCCCCCCCCCC(CCCCCC)COCC(CC1Cc2ccccc2C=N1)OS. The van der Waals surface area contributed by atoms with Gasteiger partial charge < -0.3 is 8.92 Å². The highest BCUT2D eigenvalue weighted by Crippen LogP contribution is 2.22. The maximum atomic E-state index is 6.21. The number of hydrogen-bond acceptors (Lipinski definition) is 4. The minimum Gasteiger partial charge on any atom is -0.378 e. The van der Waals surface area contributed by atoms with Gasteiger partial charge in [-0.05, 0) is 55.6 Å². The van der Waals surface area contributed by atoms with Crippen LogP contribution in [-0.4, -0.2) is 31.6 Å². The first-order valence-corrected chi connectivity index (χ1v) is 14.6. The molecule has 0 aromatic heterocycles. The lowest BCUT2D eigenvalue weighted by Crippen LogP contribution is -2.27. The van der Waals surface area contributed by atoms with Gasteiger partial charge in [0.15, 0.2) is 0 Å². The maximum absolute atomic E-state index is 6.21. The summed E-state index contributed by atoms with van der Waals surface area (Å²) in [6, 6.07) is 8.77. The van der Waals surface area contributed by atoms with Crippen molar-refractivity contribution in [2.75, 3.05) is 13.2 Å². The second-order valence-electron chi connectivity index (χ2n) is 10.3. The van der Waals surface area contributed by atoms with Gasteiger partial charge in [0.25, 0.3) is 0 Å². The van der Waals surface area contributed by atoms with Gasteiger partial charge in [-0.25, -0.2) is 0 Å². The van der Waals surface area contributed by atoms with Crippen LogP contribution in [0.15, 0.2) is 29.3 Å². The fraction of sp³-hybridized carbons (Fsp3) is 0.767. The van der Waals surface area contributed by atoms with Crippen molar-refractivity contribution in [1.82, 2.24) is 0 Å². The van der Waals surface area contributed by atoms with E-state index in [1.807, 2.05) is 6.21 Å². The van der Waals surface area contributed by atoms with Crippen LogP contribution in [0.5, 0.6) is 0 Å². The van der Waals surface area contributed by atoms with Crippen molar-refractivity contribution < 1.29 is 8.92 Å². The van der Waals surface area contributed by atoms with Gasteiger partial charge >= 0.3 is 0 Å². The van der Waals surface area contributed by atoms with Crippen LogP contribution in [-0.2, 0) is 15.3 Å². The summed E-state index contributed by atoms with van der Waals surface area (Å²) >= 11 is 4.15. The summed E-state index contributed by atoms with van der Waals surface area (Å²) in [7, 11) is 0. The number of unbranched alkanes of at least 4 members (excludes halogenated alkanes) is 10. The summed E-state index contributed by atoms with van der Waals surface area (Å²) in [5.74, 6) is 0.678. The molecule has 0 saturated heterocycles. The van der Waals surface area contributed by atoms with E-state index in [0.29, 0.717) is 12.5 Å². The second-order valence-corrected chi connectivity index (χ2v) is 10.5. The molecule has 1 heterocycles. The molecule has 0 N–H and O–H groups in total. The normalized spacial score (nSPS) is 17.0. The molecule has 0 radical (unpaired) electrons. The van der Waals surface area contributed by atoms with E-state index in [-0.39, 0.29) is 12.1 Å². The van der Waals surface area contributed by atoms with Crippen LogP contribution >= 0.6 is 12.9 Å². The minimum absolute atomic E-state index is 0.0143. The third kappa shape index (κ3) is 12.7. The van der Waals surface area contributed by atoms with Crippen LogP contribution in [0.25, 0.3) is 0 Å². The zero-order chi connectivity index (χ0) is 24.3. The van der Waals surface area contributed by atoms with Crippen LogP contribution in [0.3, 0.4) is 0 Å². The third-order valence-corrected chi connectivity index (χ3v) is 7.51. The number of aliphatic imine (C=N–C) groups is 1. The molecule has 194 valence electrons. The Labute approximate surface area is 216 Å². The Bertz CT molecular complexity index is 650. The lowest BCUT2D eigenvalue weighted by Gasteiger charge is -2.24. The molecule has 0 amide bonds. The zero-order valence-corrected chi connectivity index (χ0v) is 23.0. The summed E-state index contributed by atoms with van der Waals surface area (Å²) in [5, 5.41) is 0. The van der Waals surface area contributed by atoms with Crippen molar-refractivity contribution in [3.05, 3.63) is 35.4 Å². The highest BCUT2D eigenvalue weighted by molar-refractivity contribution is 7.75. The monoisotopic (exact) mass is 489 g/mol. The van der Waals surface area contributed by atoms with Gasteiger partial charge in [0.1, 0.15) is 0 Å². The molecule has 0 bridgehead atoms. The Balaban J connectivity index is 1.67. The van der Waals surface area contributed by atoms with Crippen LogP contribution in [0.4, 0.5) is 0 Å². The molecule has 0 aliphatic carbocycles. The quantitative estimate of drug-likeness (QED) is 0.106. The Kier molecular flexibility index (Phi) is 16.7. The van der Waals surface area contributed by atoms with E-state index in [4.69, 9.17) is 13.9 Å². The van der Waals surface area contributed by atoms with Crippen LogP contribution < -0.4 is 0 Å². The maximum Gasteiger partial charge on any atom is 0.0972 e. The largest absolute Gasteiger partial charge is 0.378 e. The third-order valence-electron chi connectivity index (χ3n) is 7.21. The number of fused-ring (bicyclic) bond motifs is 1. The predicted octanol–water partition coefficient (Wildman–Crippen LogP) is 8.78. The molecular weight excluding hydrogens is 438 g/mol. The summed E-state index contributed by atoms with van der Waals surface area (Å²) in [5.41, 5.74) is 2.61. The predicted molar refractivity (Wildman–Crippen MR) is 150 cm³/mol. The van der Waals surface area contributed by atoms with E-state index < -0.39 is 0 Å². The number of benzene rings is 1. The summed E-state index contributed by atoms with van der Waals surface area (Å²) in [4.78, 5) is 4.75. The van der Waals surface area contributed by atoms with Gasteiger partial charge in [0.2, 0.25) is 0 Å². The topological polar surface area (TPSA) is 30.8 Å². The molecule has 3 nitrogen and oxygen atoms in total. The highest BCUT2D eigenvalue weighted by Gasteiger charge is 2.20. The molecule has 1 aliphatic rings. The first-order valence-electron chi connectivity index (χ1n) is 14.3. The number of nitrogens with zero attached hydrogens (tertiary/aromatic N) is 1. The molecule has 34 heavy (non-hydrogen) atoms. The molecular formula is C30H51NO2S. The van der Waals surface area contributed by atoms with Crippen molar-refractivity contribution >= 4 is 19.1 Å². The first kappa shape index (κ1) is 29.4.